The number of urea groups is 1. The van der Waals surface area contributed by atoms with Gasteiger partial charge in [-0.2, -0.15) is 0 Å². The van der Waals surface area contributed by atoms with Crippen LogP contribution in [-0.2, 0) is 11.3 Å². The topological polar surface area (TPSA) is 96.2 Å². The van der Waals surface area contributed by atoms with Gasteiger partial charge in [-0.3, -0.25) is 4.79 Å². The molecule has 22 heavy (non-hydrogen) atoms. The molecule has 1 atom stereocenters. The van der Waals surface area contributed by atoms with Crippen LogP contribution in [0.1, 0.15) is 32.3 Å². The molecule has 0 saturated heterocycles. The Kier molecular flexibility index (Phi) is 9.98. The minimum absolute atomic E-state index is 0. The SMILES string of the molecule is CCC[C@@H](NC(N)=O)C(=O)Nc1cccc(CNCC)c1.Cl. The second-order valence-corrected chi connectivity index (χ2v) is 4.82. The van der Waals surface area contributed by atoms with Gasteiger partial charge < -0.3 is 21.7 Å². The molecule has 0 saturated carbocycles. The molecule has 0 aliphatic rings. The maximum atomic E-state index is 12.2. The lowest BCUT2D eigenvalue weighted by molar-refractivity contribution is -0.118. The molecule has 0 fully saturated rings. The normalized spacial score (nSPS) is 11.2. The highest BCUT2D eigenvalue weighted by atomic mass is 35.5. The van der Waals surface area contributed by atoms with Gasteiger partial charge in [0.05, 0.1) is 0 Å². The number of amides is 3. The summed E-state index contributed by atoms with van der Waals surface area (Å²) in [7, 11) is 0. The van der Waals surface area contributed by atoms with Crippen molar-refractivity contribution in [3.05, 3.63) is 29.8 Å². The van der Waals surface area contributed by atoms with E-state index < -0.39 is 12.1 Å². The van der Waals surface area contributed by atoms with Crippen LogP contribution in [0, 0.1) is 0 Å². The van der Waals surface area contributed by atoms with E-state index in [1.165, 1.54) is 0 Å². The molecule has 0 aliphatic heterocycles. The zero-order chi connectivity index (χ0) is 15.7. The molecule has 0 spiro atoms. The first-order chi connectivity index (χ1) is 10.1. The highest BCUT2D eigenvalue weighted by Gasteiger charge is 2.18. The van der Waals surface area contributed by atoms with Crippen LogP contribution >= 0.6 is 12.4 Å². The van der Waals surface area contributed by atoms with Crippen LogP contribution < -0.4 is 21.7 Å². The molecular formula is C15H25ClN4O2. The number of hydrogen-bond donors (Lipinski definition) is 4. The summed E-state index contributed by atoms with van der Waals surface area (Å²) in [5.41, 5.74) is 6.89. The highest BCUT2D eigenvalue weighted by Crippen LogP contribution is 2.11. The fraction of sp³-hybridized carbons (Fsp3) is 0.467. The van der Waals surface area contributed by atoms with E-state index in [4.69, 9.17) is 5.73 Å². The van der Waals surface area contributed by atoms with Gasteiger partial charge in [-0.25, -0.2) is 4.79 Å². The van der Waals surface area contributed by atoms with E-state index in [1.54, 1.807) is 0 Å². The van der Waals surface area contributed by atoms with E-state index in [1.807, 2.05) is 38.1 Å². The number of hydrogen-bond acceptors (Lipinski definition) is 3. The van der Waals surface area contributed by atoms with E-state index in [0.29, 0.717) is 12.1 Å². The van der Waals surface area contributed by atoms with Crippen LogP contribution in [0.15, 0.2) is 24.3 Å². The summed E-state index contributed by atoms with van der Waals surface area (Å²) < 4.78 is 0. The van der Waals surface area contributed by atoms with Crippen molar-refractivity contribution in [1.29, 1.82) is 0 Å². The first-order valence-electron chi connectivity index (χ1n) is 7.23. The quantitative estimate of drug-likeness (QED) is 0.587. The summed E-state index contributed by atoms with van der Waals surface area (Å²) in [5.74, 6) is -0.253. The summed E-state index contributed by atoms with van der Waals surface area (Å²) in [4.78, 5) is 23.1. The largest absolute Gasteiger partial charge is 0.352 e. The van der Waals surface area contributed by atoms with Gasteiger partial charge in [0.1, 0.15) is 6.04 Å². The van der Waals surface area contributed by atoms with Crippen LogP contribution in [0.4, 0.5) is 10.5 Å². The summed E-state index contributed by atoms with van der Waals surface area (Å²) >= 11 is 0. The number of halogens is 1. The lowest BCUT2D eigenvalue weighted by atomic mass is 10.1. The lowest BCUT2D eigenvalue weighted by Crippen LogP contribution is -2.46. The van der Waals surface area contributed by atoms with Crippen molar-refractivity contribution in [3.8, 4) is 0 Å². The average Bonchev–Trinajstić information content (AvgIpc) is 2.44. The molecule has 0 unspecified atom stereocenters. The minimum atomic E-state index is -0.690. The molecule has 0 aromatic heterocycles. The monoisotopic (exact) mass is 328 g/mol. The number of nitrogens with two attached hydrogens (primary N) is 1. The van der Waals surface area contributed by atoms with Crippen molar-refractivity contribution in [2.45, 2.75) is 39.3 Å². The van der Waals surface area contributed by atoms with E-state index in [0.717, 1.165) is 25.1 Å². The van der Waals surface area contributed by atoms with E-state index in [-0.39, 0.29) is 18.3 Å². The van der Waals surface area contributed by atoms with Crippen molar-refractivity contribution in [3.63, 3.8) is 0 Å². The summed E-state index contributed by atoms with van der Waals surface area (Å²) in [6.45, 7) is 5.62. The van der Waals surface area contributed by atoms with Gasteiger partial charge in [0.25, 0.3) is 0 Å². The number of carbonyl (C=O) groups is 2. The van der Waals surface area contributed by atoms with Crippen LogP contribution in [0.3, 0.4) is 0 Å². The Bertz CT molecular complexity index is 482. The molecule has 0 aliphatic carbocycles. The molecule has 1 aromatic rings. The zero-order valence-electron chi connectivity index (χ0n) is 13.0. The molecule has 5 N–H and O–H groups in total. The Morgan fingerprint density at radius 1 is 1.27 bits per heavy atom. The van der Waals surface area contributed by atoms with Gasteiger partial charge in [0, 0.05) is 12.2 Å². The Labute approximate surface area is 137 Å². The van der Waals surface area contributed by atoms with Crippen LogP contribution in [0.2, 0.25) is 0 Å². The molecule has 1 aromatic carbocycles. The van der Waals surface area contributed by atoms with Gasteiger partial charge in [0.2, 0.25) is 5.91 Å². The minimum Gasteiger partial charge on any atom is -0.352 e. The van der Waals surface area contributed by atoms with Gasteiger partial charge in [0.15, 0.2) is 0 Å². The molecule has 124 valence electrons. The van der Waals surface area contributed by atoms with Crippen LogP contribution in [-0.4, -0.2) is 24.5 Å². The van der Waals surface area contributed by atoms with E-state index >= 15 is 0 Å². The Balaban J connectivity index is 0.00000441. The molecule has 1 rings (SSSR count). The van der Waals surface area contributed by atoms with Crippen molar-refractivity contribution in [2.24, 2.45) is 5.73 Å². The maximum absolute atomic E-state index is 12.2. The van der Waals surface area contributed by atoms with E-state index in [9.17, 15) is 9.59 Å². The maximum Gasteiger partial charge on any atom is 0.312 e. The Hall–Kier alpha value is -1.79. The van der Waals surface area contributed by atoms with Crippen molar-refractivity contribution >= 4 is 30.0 Å². The average molecular weight is 329 g/mol. The Morgan fingerprint density at radius 3 is 2.59 bits per heavy atom. The number of rotatable bonds is 8. The Morgan fingerprint density at radius 2 is 2.00 bits per heavy atom. The third-order valence-corrected chi connectivity index (χ3v) is 2.98. The molecule has 0 radical (unpaired) electrons. The summed E-state index contributed by atoms with van der Waals surface area (Å²) in [5, 5.41) is 8.50. The van der Waals surface area contributed by atoms with Gasteiger partial charge in [-0.15, -0.1) is 12.4 Å². The van der Waals surface area contributed by atoms with Gasteiger partial charge in [-0.1, -0.05) is 32.4 Å². The van der Waals surface area contributed by atoms with Crippen molar-refractivity contribution in [2.75, 3.05) is 11.9 Å². The molecule has 3 amide bonds. The number of carbonyl (C=O) groups excluding carboxylic acids is 2. The third-order valence-electron chi connectivity index (χ3n) is 2.98. The molecular weight excluding hydrogens is 304 g/mol. The standard InChI is InChI=1S/C15H24N4O2.ClH/c1-3-6-13(19-15(16)21)14(20)18-12-8-5-7-11(9-12)10-17-4-2;/h5,7-9,13,17H,3-4,6,10H2,1-2H3,(H,18,20)(H3,16,19,21);1H/t13-;/m1./s1. The first-order valence-corrected chi connectivity index (χ1v) is 7.23. The zero-order valence-corrected chi connectivity index (χ0v) is 13.8. The summed E-state index contributed by atoms with van der Waals surface area (Å²) in [6.07, 6.45) is 1.32. The predicted molar refractivity (Wildman–Crippen MR) is 91.1 cm³/mol. The molecule has 7 heteroatoms. The van der Waals surface area contributed by atoms with Crippen molar-refractivity contribution in [1.82, 2.24) is 10.6 Å². The van der Waals surface area contributed by atoms with Crippen molar-refractivity contribution < 1.29 is 9.59 Å². The van der Waals surface area contributed by atoms with Crippen LogP contribution in [0.5, 0.6) is 0 Å². The second kappa shape index (κ2) is 10.9. The van der Waals surface area contributed by atoms with Gasteiger partial charge >= 0.3 is 6.03 Å². The van der Waals surface area contributed by atoms with E-state index in [2.05, 4.69) is 16.0 Å². The third kappa shape index (κ3) is 7.28. The first kappa shape index (κ1) is 20.2. The van der Waals surface area contributed by atoms with Gasteiger partial charge in [-0.05, 0) is 30.7 Å². The van der Waals surface area contributed by atoms with Crippen LogP contribution in [0.25, 0.3) is 0 Å². The number of benzene rings is 1. The molecule has 0 heterocycles. The second-order valence-electron chi connectivity index (χ2n) is 4.82. The highest BCUT2D eigenvalue weighted by molar-refractivity contribution is 5.96. The number of nitrogens with one attached hydrogen (secondary N) is 3. The number of anilines is 1. The lowest BCUT2D eigenvalue weighted by Gasteiger charge is -2.17. The predicted octanol–water partition coefficient (Wildman–Crippen LogP) is 1.99. The fourth-order valence-corrected chi connectivity index (χ4v) is 1.99. The smallest absolute Gasteiger partial charge is 0.312 e. The molecule has 6 nitrogen and oxygen atoms in total. The number of primary amides is 1. The summed E-state index contributed by atoms with van der Waals surface area (Å²) in [6, 6.07) is 6.31. The fourth-order valence-electron chi connectivity index (χ4n) is 1.99. The molecule has 0 bridgehead atoms.